The number of anilines is 1. The van der Waals surface area contributed by atoms with Gasteiger partial charge in [0.05, 0.1) is 11.4 Å². The fraction of sp³-hybridized carbons (Fsp3) is 0.316. The van der Waals surface area contributed by atoms with Gasteiger partial charge in [-0.1, -0.05) is 39.7 Å². The largest absolute Gasteiger partial charge is 0.325 e. The Balaban J connectivity index is 1.54. The van der Waals surface area contributed by atoms with Gasteiger partial charge in [0.15, 0.2) is 0 Å². The molecule has 8 heteroatoms. The first kappa shape index (κ1) is 20.0. The number of sulfonamides is 1. The van der Waals surface area contributed by atoms with Crippen LogP contribution in [-0.4, -0.2) is 56.3 Å². The molecule has 1 fully saturated rings. The van der Waals surface area contributed by atoms with Crippen LogP contribution < -0.4 is 5.32 Å². The van der Waals surface area contributed by atoms with E-state index in [0.29, 0.717) is 31.1 Å². The van der Waals surface area contributed by atoms with Gasteiger partial charge in [-0.2, -0.15) is 4.31 Å². The van der Waals surface area contributed by atoms with Crippen molar-refractivity contribution in [1.29, 1.82) is 0 Å². The van der Waals surface area contributed by atoms with Crippen LogP contribution >= 0.6 is 15.9 Å². The Morgan fingerprint density at radius 1 is 1.07 bits per heavy atom. The van der Waals surface area contributed by atoms with E-state index in [1.165, 1.54) is 4.31 Å². The second-order valence-electron chi connectivity index (χ2n) is 6.55. The number of benzene rings is 2. The van der Waals surface area contributed by atoms with Crippen molar-refractivity contribution in [1.82, 2.24) is 9.21 Å². The van der Waals surface area contributed by atoms with Crippen molar-refractivity contribution in [3.05, 3.63) is 58.6 Å². The van der Waals surface area contributed by atoms with Crippen molar-refractivity contribution < 1.29 is 13.2 Å². The Kier molecular flexibility index (Phi) is 6.31. The number of nitrogens with one attached hydrogen (secondary N) is 1. The third-order valence-corrected chi connectivity index (χ3v) is 6.87. The maximum Gasteiger partial charge on any atom is 0.243 e. The van der Waals surface area contributed by atoms with Crippen LogP contribution in [-0.2, 0) is 14.8 Å². The van der Waals surface area contributed by atoms with E-state index >= 15 is 0 Å². The molecule has 0 saturated carbocycles. The number of carbonyl (C=O) groups excluding carboxylic acids is 1. The molecule has 6 nitrogen and oxygen atoms in total. The second-order valence-corrected chi connectivity index (χ2v) is 9.41. The lowest BCUT2D eigenvalue weighted by Crippen LogP contribution is -2.50. The molecule has 0 radical (unpaired) electrons. The highest BCUT2D eigenvalue weighted by atomic mass is 79.9. The van der Waals surface area contributed by atoms with E-state index in [9.17, 15) is 13.2 Å². The number of aryl methyl sites for hydroxylation is 1. The molecular formula is C19H22BrN3O3S. The first-order chi connectivity index (χ1) is 12.8. The minimum absolute atomic E-state index is 0.108. The zero-order chi connectivity index (χ0) is 19.4. The lowest BCUT2D eigenvalue weighted by atomic mass is 10.2. The molecule has 0 bridgehead atoms. The topological polar surface area (TPSA) is 69.7 Å². The minimum atomic E-state index is -3.48. The Hall–Kier alpha value is -1.74. The first-order valence-electron chi connectivity index (χ1n) is 8.69. The van der Waals surface area contributed by atoms with Crippen LogP contribution in [0, 0.1) is 6.92 Å². The highest BCUT2D eigenvalue weighted by Crippen LogP contribution is 2.19. The van der Waals surface area contributed by atoms with Crippen LogP contribution in [0.5, 0.6) is 0 Å². The standard InChI is InChI=1S/C19H22BrN3O3S/c1-15-5-7-18(8-6-15)27(25,26)23-11-9-22(10-12-23)14-19(24)21-17-4-2-3-16(20)13-17/h2-8,13H,9-12,14H2,1H3,(H,21,24). The highest BCUT2D eigenvalue weighted by Gasteiger charge is 2.28. The third-order valence-electron chi connectivity index (χ3n) is 4.47. The van der Waals surface area contributed by atoms with Crippen LogP contribution in [0.3, 0.4) is 0 Å². The van der Waals surface area contributed by atoms with Gasteiger partial charge in [0, 0.05) is 36.3 Å². The molecule has 1 aliphatic rings. The quantitative estimate of drug-likeness (QED) is 0.758. The molecule has 1 amide bonds. The summed E-state index contributed by atoms with van der Waals surface area (Å²) >= 11 is 3.37. The van der Waals surface area contributed by atoms with Crippen LogP contribution in [0.1, 0.15) is 5.56 Å². The van der Waals surface area contributed by atoms with Crippen molar-refractivity contribution in [2.75, 3.05) is 38.0 Å². The van der Waals surface area contributed by atoms with Crippen LogP contribution in [0.25, 0.3) is 0 Å². The average molecular weight is 452 g/mol. The number of piperazine rings is 1. The Morgan fingerprint density at radius 3 is 2.37 bits per heavy atom. The minimum Gasteiger partial charge on any atom is -0.325 e. The number of nitrogens with zero attached hydrogens (tertiary/aromatic N) is 2. The Bertz CT molecular complexity index is 908. The number of amides is 1. The molecule has 144 valence electrons. The summed E-state index contributed by atoms with van der Waals surface area (Å²) < 4.78 is 27.8. The predicted octanol–water partition coefficient (Wildman–Crippen LogP) is 2.70. The molecule has 1 saturated heterocycles. The van der Waals surface area contributed by atoms with Crippen molar-refractivity contribution in [2.24, 2.45) is 0 Å². The van der Waals surface area contributed by atoms with Gasteiger partial charge in [-0.15, -0.1) is 0 Å². The van der Waals surface area contributed by atoms with E-state index in [-0.39, 0.29) is 12.5 Å². The molecule has 2 aromatic carbocycles. The van der Waals surface area contributed by atoms with Gasteiger partial charge >= 0.3 is 0 Å². The summed E-state index contributed by atoms with van der Waals surface area (Å²) in [5.41, 5.74) is 1.75. The molecule has 0 aromatic heterocycles. The first-order valence-corrected chi connectivity index (χ1v) is 10.9. The van der Waals surface area contributed by atoms with Gasteiger partial charge in [-0.05, 0) is 37.3 Å². The summed E-state index contributed by atoms with van der Waals surface area (Å²) in [5, 5.41) is 2.86. The van der Waals surface area contributed by atoms with E-state index < -0.39 is 10.0 Å². The summed E-state index contributed by atoms with van der Waals surface area (Å²) in [7, 11) is -3.48. The highest BCUT2D eigenvalue weighted by molar-refractivity contribution is 9.10. The fourth-order valence-corrected chi connectivity index (χ4v) is 4.78. The summed E-state index contributed by atoms with van der Waals surface area (Å²) in [5.74, 6) is -0.108. The van der Waals surface area contributed by atoms with Gasteiger partial charge in [0.25, 0.3) is 0 Å². The lowest BCUT2D eigenvalue weighted by Gasteiger charge is -2.33. The number of rotatable bonds is 5. The van der Waals surface area contributed by atoms with E-state index in [4.69, 9.17) is 0 Å². The molecular weight excluding hydrogens is 430 g/mol. The van der Waals surface area contributed by atoms with Gasteiger partial charge in [-0.3, -0.25) is 9.69 Å². The monoisotopic (exact) mass is 451 g/mol. The maximum absolute atomic E-state index is 12.7. The average Bonchev–Trinajstić information content (AvgIpc) is 2.62. The van der Waals surface area contributed by atoms with Gasteiger partial charge in [-0.25, -0.2) is 8.42 Å². The second kappa shape index (κ2) is 8.52. The van der Waals surface area contributed by atoms with Crippen LogP contribution in [0.4, 0.5) is 5.69 Å². The number of halogens is 1. The molecule has 3 rings (SSSR count). The molecule has 1 N–H and O–H groups in total. The predicted molar refractivity (Wildman–Crippen MR) is 109 cm³/mol. The lowest BCUT2D eigenvalue weighted by molar-refractivity contribution is -0.117. The number of hydrogen-bond donors (Lipinski definition) is 1. The zero-order valence-electron chi connectivity index (χ0n) is 15.1. The summed E-state index contributed by atoms with van der Waals surface area (Å²) in [6.07, 6.45) is 0. The fourth-order valence-electron chi connectivity index (χ4n) is 2.96. The van der Waals surface area contributed by atoms with Gasteiger partial charge < -0.3 is 5.32 Å². The molecule has 1 heterocycles. The van der Waals surface area contributed by atoms with E-state index in [1.54, 1.807) is 24.3 Å². The van der Waals surface area contributed by atoms with Crippen molar-refractivity contribution >= 4 is 37.5 Å². The molecule has 27 heavy (non-hydrogen) atoms. The zero-order valence-corrected chi connectivity index (χ0v) is 17.5. The van der Waals surface area contributed by atoms with Crippen molar-refractivity contribution in [2.45, 2.75) is 11.8 Å². The number of hydrogen-bond acceptors (Lipinski definition) is 4. The SMILES string of the molecule is Cc1ccc(S(=O)(=O)N2CCN(CC(=O)Nc3cccc(Br)c3)CC2)cc1. The normalized spacial score (nSPS) is 16.2. The summed E-state index contributed by atoms with van der Waals surface area (Å²) in [6.45, 7) is 3.97. The van der Waals surface area contributed by atoms with Gasteiger partial charge in [0.2, 0.25) is 15.9 Å². The van der Waals surface area contributed by atoms with E-state index in [1.807, 2.05) is 36.1 Å². The summed E-state index contributed by atoms with van der Waals surface area (Å²) in [4.78, 5) is 14.5. The van der Waals surface area contributed by atoms with Crippen LogP contribution in [0.2, 0.25) is 0 Å². The smallest absolute Gasteiger partial charge is 0.243 e. The molecule has 0 aliphatic carbocycles. The van der Waals surface area contributed by atoms with Crippen molar-refractivity contribution in [3.63, 3.8) is 0 Å². The van der Waals surface area contributed by atoms with Gasteiger partial charge in [0.1, 0.15) is 0 Å². The Morgan fingerprint density at radius 2 is 1.74 bits per heavy atom. The molecule has 0 atom stereocenters. The van der Waals surface area contributed by atoms with Crippen molar-refractivity contribution in [3.8, 4) is 0 Å². The van der Waals surface area contributed by atoms with E-state index in [2.05, 4.69) is 21.2 Å². The molecule has 0 unspecified atom stereocenters. The maximum atomic E-state index is 12.7. The molecule has 0 spiro atoms. The molecule has 1 aliphatic heterocycles. The number of carbonyl (C=O) groups is 1. The third kappa shape index (κ3) is 5.16. The van der Waals surface area contributed by atoms with E-state index in [0.717, 1.165) is 15.7 Å². The Labute approximate surface area is 168 Å². The summed E-state index contributed by atoms with van der Waals surface area (Å²) in [6, 6.07) is 14.3. The van der Waals surface area contributed by atoms with Crippen LogP contribution in [0.15, 0.2) is 57.9 Å². The molecule has 2 aromatic rings.